The van der Waals surface area contributed by atoms with Gasteiger partial charge in [-0.1, -0.05) is 30.3 Å². The fraction of sp³-hybridized carbons (Fsp3) is 0.235. The van der Waals surface area contributed by atoms with Crippen molar-refractivity contribution in [3.8, 4) is 0 Å². The van der Waals surface area contributed by atoms with Gasteiger partial charge >= 0.3 is 0 Å². The van der Waals surface area contributed by atoms with Gasteiger partial charge in [-0.3, -0.25) is 10.1 Å². The number of carbonyl (C=O) groups excluding carboxylic acids is 1. The van der Waals surface area contributed by atoms with Crippen molar-refractivity contribution < 1.29 is 4.79 Å². The molecule has 2 aromatic heterocycles. The molecule has 1 aliphatic carbocycles. The van der Waals surface area contributed by atoms with Crippen LogP contribution >= 0.6 is 22.7 Å². The third-order valence-electron chi connectivity index (χ3n) is 4.10. The van der Waals surface area contributed by atoms with Gasteiger partial charge in [-0.05, 0) is 30.7 Å². The van der Waals surface area contributed by atoms with Crippen LogP contribution in [-0.4, -0.2) is 15.9 Å². The number of fused-ring (bicyclic) bond motifs is 1. The van der Waals surface area contributed by atoms with Crippen LogP contribution in [0.1, 0.15) is 39.0 Å². The number of benzene rings is 1. The highest BCUT2D eigenvalue weighted by Gasteiger charge is 2.24. The molecule has 0 aliphatic heterocycles. The smallest absolute Gasteiger partial charge is 0.276 e. The summed E-state index contributed by atoms with van der Waals surface area (Å²) in [5.74, 6) is 0.364. The summed E-state index contributed by atoms with van der Waals surface area (Å²) in [5, 5.41) is 5.30. The number of carbonyl (C=O) groups is 1. The lowest BCUT2D eigenvalue weighted by atomic mass is 9.85. The molecule has 23 heavy (non-hydrogen) atoms. The number of anilines is 1. The van der Waals surface area contributed by atoms with E-state index in [9.17, 15) is 4.79 Å². The Morgan fingerprint density at radius 3 is 2.91 bits per heavy atom. The molecule has 4 nitrogen and oxygen atoms in total. The van der Waals surface area contributed by atoms with E-state index < -0.39 is 0 Å². The number of aryl methyl sites for hydroxylation is 1. The number of hydrogen-bond acceptors (Lipinski definition) is 5. The zero-order valence-corrected chi connectivity index (χ0v) is 14.0. The summed E-state index contributed by atoms with van der Waals surface area (Å²) in [6.45, 7) is 0. The predicted octanol–water partition coefficient (Wildman–Crippen LogP) is 4.12. The van der Waals surface area contributed by atoms with E-state index >= 15 is 0 Å². The molecule has 0 bridgehead atoms. The molecule has 2 heterocycles. The molecule has 1 N–H and O–H groups in total. The minimum atomic E-state index is -0.183. The Hall–Kier alpha value is -2.05. The van der Waals surface area contributed by atoms with E-state index in [0.29, 0.717) is 16.7 Å². The van der Waals surface area contributed by atoms with Gasteiger partial charge in [-0.2, -0.15) is 0 Å². The second kappa shape index (κ2) is 6.22. The molecule has 4 rings (SSSR count). The van der Waals surface area contributed by atoms with Crippen LogP contribution in [0.2, 0.25) is 0 Å². The SMILES string of the molecule is O=C(Nc1nc2c(s1)CC(c1ccccc1)CC2)c1cscn1. The topological polar surface area (TPSA) is 54.9 Å². The Morgan fingerprint density at radius 1 is 1.26 bits per heavy atom. The van der Waals surface area contributed by atoms with Gasteiger partial charge in [-0.15, -0.1) is 22.7 Å². The van der Waals surface area contributed by atoms with Gasteiger partial charge in [0.25, 0.3) is 5.91 Å². The summed E-state index contributed by atoms with van der Waals surface area (Å²) in [6.07, 6.45) is 3.09. The van der Waals surface area contributed by atoms with Gasteiger partial charge in [0, 0.05) is 10.3 Å². The molecule has 0 fully saturated rings. The number of aromatic nitrogens is 2. The number of amides is 1. The van der Waals surface area contributed by atoms with Gasteiger partial charge < -0.3 is 0 Å². The zero-order chi connectivity index (χ0) is 15.6. The Balaban J connectivity index is 1.50. The fourth-order valence-corrected chi connectivity index (χ4v) is 4.54. The normalized spacial score (nSPS) is 16.8. The third kappa shape index (κ3) is 3.04. The van der Waals surface area contributed by atoms with Crippen LogP contribution in [0, 0.1) is 0 Å². The van der Waals surface area contributed by atoms with Crippen molar-refractivity contribution in [2.24, 2.45) is 0 Å². The lowest BCUT2D eigenvalue weighted by molar-refractivity contribution is 0.102. The maximum atomic E-state index is 12.1. The van der Waals surface area contributed by atoms with E-state index in [1.165, 1.54) is 21.8 Å². The van der Waals surface area contributed by atoms with E-state index in [0.717, 1.165) is 25.0 Å². The average Bonchev–Trinajstić information content (AvgIpc) is 3.24. The third-order valence-corrected chi connectivity index (χ3v) is 5.72. The van der Waals surface area contributed by atoms with Crippen LogP contribution in [0.4, 0.5) is 5.13 Å². The quantitative estimate of drug-likeness (QED) is 0.779. The Morgan fingerprint density at radius 2 is 2.13 bits per heavy atom. The first-order valence-corrected chi connectivity index (χ1v) is 9.28. The summed E-state index contributed by atoms with van der Waals surface area (Å²) in [7, 11) is 0. The monoisotopic (exact) mass is 341 g/mol. The highest BCUT2D eigenvalue weighted by atomic mass is 32.1. The molecule has 1 aliphatic rings. The van der Waals surface area contributed by atoms with Crippen molar-refractivity contribution in [1.82, 2.24) is 9.97 Å². The molecular formula is C17H15N3OS2. The number of thiazole rings is 2. The molecule has 0 saturated heterocycles. The second-order valence-corrected chi connectivity index (χ2v) is 7.37. The summed E-state index contributed by atoms with van der Waals surface area (Å²) >= 11 is 3.01. The van der Waals surface area contributed by atoms with Crippen molar-refractivity contribution in [2.45, 2.75) is 25.2 Å². The first-order chi connectivity index (χ1) is 11.3. The van der Waals surface area contributed by atoms with Crippen molar-refractivity contribution in [3.05, 3.63) is 63.1 Å². The summed E-state index contributed by atoms with van der Waals surface area (Å²) in [6, 6.07) is 10.6. The molecule has 1 atom stereocenters. The van der Waals surface area contributed by atoms with Crippen molar-refractivity contribution in [3.63, 3.8) is 0 Å². The first kappa shape index (κ1) is 14.5. The van der Waals surface area contributed by atoms with Crippen molar-refractivity contribution in [1.29, 1.82) is 0 Å². The molecule has 1 aromatic carbocycles. The van der Waals surface area contributed by atoms with E-state index in [4.69, 9.17) is 0 Å². The van der Waals surface area contributed by atoms with Crippen molar-refractivity contribution >= 4 is 33.7 Å². The number of rotatable bonds is 3. The number of nitrogens with one attached hydrogen (secondary N) is 1. The minimum absolute atomic E-state index is 0.183. The second-order valence-electron chi connectivity index (χ2n) is 5.57. The van der Waals surface area contributed by atoms with Crippen LogP contribution in [0.15, 0.2) is 41.2 Å². The van der Waals surface area contributed by atoms with Crippen LogP contribution < -0.4 is 5.32 Å². The highest BCUT2D eigenvalue weighted by molar-refractivity contribution is 7.16. The molecular weight excluding hydrogens is 326 g/mol. The molecule has 0 saturated carbocycles. The molecule has 6 heteroatoms. The van der Waals surface area contributed by atoms with Crippen LogP contribution in [0.3, 0.4) is 0 Å². The highest BCUT2D eigenvalue weighted by Crippen LogP contribution is 2.36. The van der Waals surface area contributed by atoms with Gasteiger partial charge in [0.15, 0.2) is 5.13 Å². The maximum Gasteiger partial charge on any atom is 0.276 e. The van der Waals surface area contributed by atoms with Gasteiger partial charge in [0.05, 0.1) is 11.2 Å². The van der Waals surface area contributed by atoms with E-state index in [1.54, 1.807) is 22.2 Å². The summed E-state index contributed by atoms with van der Waals surface area (Å²) < 4.78 is 0. The molecule has 1 amide bonds. The van der Waals surface area contributed by atoms with Gasteiger partial charge in [0.1, 0.15) is 5.69 Å². The molecule has 0 radical (unpaired) electrons. The maximum absolute atomic E-state index is 12.1. The Bertz CT molecular complexity index is 812. The zero-order valence-electron chi connectivity index (χ0n) is 12.4. The Labute approximate surface area is 142 Å². The fourth-order valence-electron chi connectivity index (χ4n) is 2.92. The summed E-state index contributed by atoms with van der Waals surface area (Å²) in [5.41, 5.74) is 4.63. The minimum Gasteiger partial charge on any atom is -0.296 e. The number of hydrogen-bond donors (Lipinski definition) is 1. The van der Waals surface area contributed by atoms with Crippen molar-refractivity contribution in [2.75, 3.05) is 5.32 Å². The average molecular weight is 341 g/mol. The molecule has 3 aromatic rings. The van der Waals surface area contributed by atoms with Gasteiger partial charge in [-0.25, -0.2) is 9.97 Å². The van der Waals surface area contributed by atoms with Gasteiger partial charge in [0.2, 0.25) is 0 Å². The number of nitrogens with zero attached hydrogens (tertiary/aromatic N) is 2. The Kier molecular flexibility index (Phi) is 3.93. The molecule has 1 unspecified atom stereocenters. The van der Waals surface area contributed by atoms with E-state index in [2.05, 4.69) is 45.6 Å². The lowest BCUT2D eigenvalue weighted by Crippen LogP contribution is -2.12. The van der Waals surface area contributed by atoms with E-state index in [1.807, 2.05) is 0 Å². The molecule has 116 valence electrons. The first-order valence-electron chi connectivity index (χ1n) is 7.52. The standard InChI is InChI=1S/C17H15N3OS2/c21-16(14-9-22-10-18-14)20-17-19-13-7-6-12(8-15(13)23-17)11-4-2-1-3-5-11/h1-5,9-10,12H,6-8H2,(H,19,20,21). The lowest BCUT2D eigenvalue weighted by Gasteiger charge is -2.21. The van der Waals surface area contributed by atoms with Crippen LogP contribution in [0.5, 0.6) is 0 Å². The predicted molar refractivity (Wildman–Crippen MR) is 93.4 cm³/mol. The van der Waals surface area contributed by atoms with E-state index in [-0.39, 0.29) is 5.91 Å². The summed E-state index contributed by atoms with van der Waals surface area (Å²) in [4.78, 5) is 22.0. The van der Waals surface area contributed by atoms with Crippen LogP contribution in [-0.2, 0) is 12.8 Å². The van der Waals surface area contributed by atoms with Crippen LogP contribution in [0.25, 0.3) is 0 Å². The largest absolute Gasteiger partial charge is 0.296 e. The molecule has 0 spiro atoms.